The Labute approximate surface area is 100 Å². The van der Waals surface area contributed by atoms with Gasteiger partial charge in [-0.3, -0.25) is 0 Å². The first-order valence-corrected chi connectivity index (χ1v) is 9.00. The summed E-state index contributed by atoms with van der Waals surface area (Å²) in [7, 11) is -9.62. The second-order valence-electron chi connectivity index (χ2n) is 4.53. The molecule has 0 bridgehead atoms. The summed E-state index contributed by atoms with van der Waals surface area (Å²) in [5.41, 5.74) is 0. The molecule has 1 fully saturated rings. The SMILES string of the molecule is O=P([O-])([O-])C[NH+](CP(=O)([O-])[O-])C1CCCCC1. The number of hydrogen-bond acceptors (Lipinski definition) is 6. The van der Waals surface area contributed by atoms with Gasteiger partial charge in [0.2, 0.25) is 0 Å². The summed E-state index contributed by atoms with van der Waals surface area (Å²) >= 11 is 0. The molecule has 0 aromatic rings. The summed E-state index contributed by atoms with van der Waals surface area (Å²) in [4.78, 5) is 43.0. The van der Waals surface area contributed by atoms with E-state index in [0.29, 0.717) is 12.8 Å². The minimum Gasteiger partial charge on any atom is -0.807 e. The van der Waals surface area contributed by atoms with E-state index in [-0.39, 0.29) is 10.9 Å². The van der Waals surface area contributed by atoms with E-state index >= 15 is 0 Å². The standard InChI is InChI=1S/C8H19NO6P2/c10-16(11,12)6-9(7-17(13,14)15)8-4-2-1-3-5-8/h8H,1-7H2,(H2,10,11,12)(H2,13,14,15)/p-3. The first-order chi connectivity index (χ1) is 7.67. The van der Waals surface area contributed by atoms with Gasteiger partial charge in [-0.05, 0) is 40.9 Å². The smallest absolute Gasteiger partial charge is 0.103 e. The fraction of sp³-hybridized carbons (Fsp3) is 1.00. The van der Waals surface area contributed by atoms with Crippen LogP contribution >= 0.6 is 15.2 Å². The second kappa shape index (κ2) is 5.93. The highest BCUT2D eigenvalue weighted by Crippen LogP contribution is 2.24. The molecule has 0 radical (unpaired) electrons. The van der Waals surface area contributed by atoms with Crippen LogP contribution in [-0.2, 0) is 9.13 Å². The summed E-state index contributed by atoms with van der Waals surface area (Å²) in [6.07, 6.45) is 2.49. The van der Waals surface area contributed by atoms with E-state index in [4.69, 9.17) is 0 Å². The van der Waals surface area contributed by atoms with Gasteiger partial charge in [0.1, 0.15) is 12.6 Å². The minimum absolute atomic E-state index is 0.0892. The van der Waals surface area contributed by atoms with Crippen molar-refractivity contribution in [3.8, 4) is 0 Å². The van der Waals surface area contributed by atoms with Crippen molar-refractivity contribution < 1.29 is 33.6 Å². The summed E-state index contributed by atoms with van der Waals surface area (Å²) in [6.45, 7) is 0. The Morgan fingerprint density at radius 1 is 0.882 bits per heavy atom. The van der Waals surface area contributed by atoms with Crippen molar-refractivity contribution >= 4 is 15.2 Å². The van der Waals surface area contributed by atoms with Crippen LogP contribution in [0.2, 0.25) is 0 Å². The van der Waals surface area contributed by atoms with E-state index in [1.807, 2.05) is 0 Å². The van der Waals surface area contributed by atoms with E-state index in [1.54, 1.807) is 0 Å². The Morgan fingerprint density at radius 3 is 1.65 bits per heavy atom. The van der Waals surface area contributed by atoms with Gasteiger partial charge in [-0.25, -0.2) is 0 Å². The quantitative estimate of drug-likeness (QED) is 0.533. The Balaban J connectivity index is 2.70. The molecule has 17 heavy (non-hydrogen) atoms. The molecular weight excluding hydrogens is 268 g/mol. The van der Waals surface area contributed by atoms with Crippen LogP contribution in [-0.4, -0.2) is 18.6 Å². The van der Waals surface area contributed by atoms with Gasteiger partial charge in [0.05, 0.1) is 6.04 Å². The summed E-state index contributed by atoms with van der Waals surface area (Å²) < 4.78 is 21.5. The third-order valence-electron chi connectivity index (χ3n) is 2.98. The van der Waals surface area contributed by atoms with Gasteiger partial charge < -0.3 is 33.6 Å². The predicted octanol–water partition coefficient (Wildman–Crippen LogP) is -3.05. The molecule has 0 saturated heterocycles. The lowest BCUT2D eigenvalue weighted by atomic mass is 9.95. The maximum atomic E-state index is 10.7. The van der Waals surface area contributed by atoms with Crippen molar-refractivity contribution in [3.05, 3.63) is 0 Å². The van der Waals surface area contributed by atoms with E-state index < -0.39 is 27.8 Å². The Kier molecular flexibility index (Phi) is 5.35. The molecule has 1 rings (SSSR count). The summed E-state index contributed by atoms with van der Waals surface area (Å²) in [5.74, 6) is 0. The van der Waals surface area contributed by atoms with Gasteiger partial charge in [0.15, 0.2) is 0 Å². The van der Waals surface area contributed by atoms with Crippen LogP contribution < -0.4 is 24.5 Å². The zero-order chi connectivity index (χ0) is 13.1. The van der Waals surface area contributed by atoms with Gasteiger partial charge in [-0.1, -0.05) is 6.42 Å². The lowest BCUT2D eigenvalue weighted by Gasteiger charge is -2.42. The fourth-order valence-electron chi connectivity index (χ4n) is 2.32. The van der Waals surface area contributed by atoms with E-state index in [0.717, 1.165) is 19.3 Å². The van der Waals surface area contributed by atoms with Crippen LogP contribution in [0.4, 0.5) is 0 Å². The van der Waals surface area contributed by atoms with E-state index in [1.165, 1.54) is 0 Å². The van der Waals surface area contributed by atoms with Crippen molar-refractivity contribution in [2.24, 2.45) is 0 Å². The zero-order valence-corrected chi connectivity index (χ0v) is 11.2. The fourth-order valence-corrected chi connectivity index (χ4v) is 4.23. The highest BCUT2D eigenvalue weighted by Gasteiger charge is 2.25. The lowest BCUT2D eigenvalue weighted by molar-refractivity contribution is -0.910. The number of rotatable bonds is 5. The van der Waals surface area contributed by atoms with Crippen LogP contribution in [0, 0.1) is 0 Å². The highest BCUT2D eigenvalue weighted by atomic mass is 31.2. The van der Waals surface area contributed by atoms with Gasteiger partial charge in [-0.2, -0.15) is 0 Å². The first-order valence-electron chi connectivity index (χ1n) is 5.54. The molecule has 1 N–H and O–H groups in total. The molecule has 1 aliphatic rings. The van der Waals surface area contributed by atoms with E-state index in [9.17, 15) is 28.7 Å². The normalized spacial score (nSPS) is 19.8. The second-order valence-corrected chi connectivity index (χ2v) is 7.61. The molecule has 0 aromatic carbocycles. The Morgan fingerprint density at radius 2 is 1.29 bits per heavy atom. The molecule has 7 nitrogen and oxygen atoms in total. The molecule has 1 saturated carbocycles. The number of hydrogen-bond donors (Lipinski definition) is 1. The number of nitrogens with one attached hydrogen (secondary N) is 1. The molecule has 102 valence electrons. The maximum Gasteiger partial charge on any atom is 0.103 e. The van der Waals surface area contributed by atoms with Crippen LogP contribution in [0.25, 0.3) is 0 Å². The Bertz CT molecular complexity index is 307. The molecule has 0 atom stereocenters. The van der Waals surface area contributed by atoms with Crippen molar-refractivity contribution in [1.29, 1.82) is 0 Å². The lowest BCUT2D eigenvalue weighted by Crippen LogP contribution is -3.16. The number of quaternary nitrogens is 1. The molecule has 0 heterocycles. The van der Waals surface area contributed by atoms with Gasteiger partial charge >= 0.3 is 0 Å². The monoisotopic (exact) mass is 284 g/mol. The summed E-state index contributed by atoms with van der Waals surface area (Å²) in [6, 6.07) is -0.212. The van der Waals surface area contributed by atoms with Gasteiger partial charge in [-0.15, -0.1) is 0 Å². The zero-order valence-electron chi connectivity index (χ0n) is 9.37. The van der Waals surface area contributed by atoms with Crippen molar-refractivity contribution in [2.45, 2.75) is 38.1 Å². The average Bonchev–Trinajstić information content (AvgIpc) is 2.14. The van der Waals surface area contributed by atoms with Crippen LogP contribution in [0.3, 0.4) is 0 Å². The van der Waals surface area contributed by atoms with Gasteiger partial charge in [0, 0.05) is 0 Å². The minimum atomic E-state index is -4.81. The summed E-state index contributed by atoms with van der Waals surface area (Å²) in [5, 5.41) is 0. The third-order valence-corrected chi connectivity index (χ3v) is 4.56. The van der Waals surface area contributed by atoms with Gasteiger partial charge in [0.25, 0.3) is 0 Å². The maximum absolute atomic E-state index is 10.7. The molecular formula is C8H16NO6P2-3. The molecule has 0 aliphatic heterocycles. The van der Waals surface area contributed by atoms with Crippen LogP contribution in [0.15, 0.2) is 0 Å². The van der Waals surface area contributed by atoms with Crippen LogP contribution in [0.1, 0.15) is 32.1 Å². The predicted molar refractivity (Wildman–Crippen MR) is 52.8 cm³/mol. The largest absolute Gasteiger partial charge is 0.807 e. The Hall–Kier alpha value is 0.260. The molecule has 0 unspecified atom stereocenters. The van der Waals surface area contributed by atoms with Crippen molar-refractivity contribution in [1.82, 2.24) is 0 Å². The molecule has 1 aliphatic carbocycles. The first kappa shape index (κ1) is 15.3. The molecule has 0 aromatic heterocycles. The third kappa shape index (κ3) is 6.67. The molecule has 9 heteroatoms. The topological polar surface area (TPSA) is 131 Å². The van der Waals surface area contributed by atoms with Crippen molar-refractivity contribution in [2.75, 3.05) is 12.6 Å². The average molecular weight is 284 g/mol. The van der Waals surface area contributed by atoms with Crippen molar-refractivity contribution in [3.63, 3.8) is 0 Å². The highest BCUT2D eigenvalue weighted by molar-refractivity contribution is 7.49. The molecule has 0 spiro atoms. The molecule has 0 amide bonds. The van der Waals surface area contributed by atoms with E-state index in [2.05, 4.69) is 0 Å². The van der Waals surface area contributed by atoms with Crippen LogP contribution in [0.5, 0.6) is 0 Å².